The van der Waals surface area contributed by atoms with Crippen molar-refractivity contribution in [3.63, 3.8) is 0 Å². The smallest absolute Gasteiger partial charge is 0.169 e. The van der Waals surface area contributed by atoms with E-state index in [1.54, 1.807) is 12.4 Å². The Bertz CT molecular complexity index is 579. The van der Waals surface area contributed by atoms with Crippen molar-refractivity contribution in [2.24, 2.45) is 10.3 Å². The predicted molar refractivity (Wildman–Crippen MR) is 87.1 cm³/mol. The summed E-state index contributed by atoms with van der Waals surface area (Å²) in [4.78, 5) is 9.33. The van der Waals surface area contributed by atoms with E-state index in [9.17, 15) is 0 Å². The Kier molecular flexibility index (Phi) is 6.71. The molecule has 0 spiro atoms. The fraction of sp³-hybridized carbons (Fsp3) is 0.294. The van der Waals surface area contributed by atoms with E-state index in [1.807, 2.05) is 49.1 Å². The molecule has 0 fully saturated rings. The maximum atomic E-state index is 4.66. The molecule has 0 aliphatic rings. The third-order valence-corrected chi connectivity index (χ3v) is 3.28. The summed E-state index contributed by atoms with van der Waals surface area (Å²) in [7, 11) is 3.07. The highest BCUT2D eigenvalue weighted by Gasteiger charge is 2.04. The number of oxime groups is 2. The lowest BCUT2D eigenvalue weighted by Crippen LogP contribution is -2.38. The Morgan fingerprint density at radius 3 is 1.52 bits per heavy atom. The summed E-state index contributed by atoms with van der Waals surface area (Å²) >= 11 is 0. The molecule has 6 nitrogen and oxygen atoms in total. The molecular weight excluding hydrogens is 292 g/mol. The second-order valence-electron chi connectivity index (χ2n) is 4.93. The number of rotatable bonds is 8. The van der Waals surface area contributed by atoms with E-state index in [1.165, 1.54) is 14.2 Å². The summed E-state index contributed by atoms with van der Waals surface area (Å²) in [5.41, 5.74) is 2.04. The molecule has 0 unspecified atom stereocenters. The van der Waals surface area contributed by atoms with Crippen LogP contribution in [0.15, 0.2) is 59.4 Å². The maximum absolute atomic E-state index is 4.66. The lowest BCUT2D eigenvalue weighted by atomic mass is 10.3. The van der Waals surface area contributed by atoms with Crippen LogP contribution in [-0.2, 0) is 22.8 Å². The van der Waals surface area contributed by atoms with Crippen molar-refractivity contribution in [1.82, 2.24) is 0 Å². The molecular formula is C17H22N4O2+2. The first-order valence-electron chi connectivity index (χ1n) is 7.43. The molecule has 0 aliphatic carbocycles. The lowest BCUT2D eigenvalue weighted by Gasteiger charge is -1.98. The van der Waals surface area contributed by atoms with Crippen molar-refractivity contribution >= 4 is 12.4 Å². The zero-order valence-corrected chi connectivity index (χ0v) is 13.5. The molecule has 2 aromatic rings. The first-order chi connectivity index (χ1) is 11.3. The van der Waals surface area contributed by atoms with Gasteiger partial charge in [0, 0.05) is 35.4 Å². The van der Waals surface area contributed by atoms with Crippen LogP contribution in [0.4, 0.5) is 0 Å². The van der Waals surface area contributed by atoms with Gasteiger partial charge in [-0.15, -0.1) is 0 Å². The molecule has 2 rings (SSSR count). The highest BCUT2D eigenvalue weighted by atomic mass is 16.6. The normalized spacial score (nSPS) is 11.2. The first kappa shape index (κ1) is 16.6. The third kappa shape index (κ3) is 5.86. The van der Waals surface area contributed by atoms with E-state index in [-0.39, 0.29) is 0 Å². The Labute approximate surface area is 136 Å². The molecule has 0 bridgehead atoms. The van der Waals surface area contributed by atoms with E-state index in [2.05, 4.69) is 29.1 Å². The van der Waals surface area contributed by atoms with Crippen molar-refractivity contribution in [3.8, 4) is 0 Å². The number of aryl methyl sites for hydroxylation is 2. The van der Waals surface area contributed by atoms with Gasteiger partial charge in [-0.25, -0.2) is 9.13 Å². The molecule has 0 saturated heterocycles. The van der Waals surface area contributed by atoms with Gasteiger partial charge in [-0.2, -0.15) is 0 Å². The first-order valence-corrected chi connectivity index (χ1v) is 7.43. The van der Waals surface area contributed by atoms with Gasteiger partial charge in [0.05, 0.1) is 18.9 Å². The van der Waals surface area contributed by atoms with Gasteiger partial charge < -0.3 is 9.68 Å². The van der Waals surface area contributed by atoms with Gasteiger partial charge in [0.25, 0.3) is 0 Å². The van der Waals surface area contributed by atoms with Crippen molar-refractivity contribution in [1.29, 1.82) is 0 Å². The summed E-state index contributed by atoms with van der Waals surface area (Å²) in [6, 6.07) is 8.05. The van der Waals surface area contributed by atoms with Crippen molar-refractivity contribution in [3.05, 3.63) is 60.2 Å². The number of pyridine rings is 2. The number of nitrogens with zero attached hydrogens (tertiary/aromatic N) is 4. The summed E-state index contributed by atoms with van der Waals surface area (Å²) < 4.78 is 4.31. The van der Waals surface area contributed by atoms with Crippen LogP contribution >= 0.6 is 0 Å². The monoisotopic (exact) mass is 314 g/mol. The average Bonchev–Trinajstić information content (AvgIpc) is 2.60. The largest absolute Gasteiger partial charge is 0.399 e. The molecule has 0 radical (unpaired) electrons. The minimum Gasteiger partial charge on any atom is -0.399 e. The predicted octanol–water partition coefficient (Wildman–Crippen LogP) is 1.31. The van der Waals surface area contributed by atoms with Gasteiger partial charge in [0.2, 0.25) is 0 Å². The highest BCUT2D eigenvalue weighted by molar-refractivity contribution is 5.78. The van der Waals surface area contributed by atoms with E-state index < -0.39 is 0 Å². The van der Waals surface area contributed by atoms with Crippen LogP contribution in [0.25, 0.3) is 0 Å². The zero-order valence-electron chi connectivity index (χ0n) is 13.5. The minimum absolute atomic E-state index is 0.960. The summed E-state index contributed by atoms with van der Waals surface area (Å²) in [5, 5.41) is 7.49. The standard InChI is InChI=1S/C17H22N4O2/c1-22-18-14-16-4-10-20(11-5-16)8-3-9-21-12-6-17(7-13-21)15-19-23-2/h4-7,10-15H,3,8-9H2,1-2H3/q+2/b18-14+,19-15+. The van der Waals surface area contributed by atoms with E-state index in [0.29, 0.717) is 0 Å². The molecule has 120 valence electrons. The van der Waals surface area contributed by atoms with Crippen LogP contribution in [0.2, 0.25) is 0 Å². The summed E-state index contributed by atoms with van der Waals surface area (Å²) in [6.07, 6.45) is 12.6. The maximum Gasteiger partial charge on any atom is 0.169 e. The van der Waals surface area contributed by atoms with E-state index in [0.717, 1.165) is 30.6 Å². The quantitative estimate of drug-likeness (QED) is 0.419. The van der Waals surface area contributed by atoms with Crippen molar-refractivity contribution in [2.75, 3.05) is 14.2 Å². The lowest BCUT2D eigenvalue weighted by molar-refractivity contribution is -0.726. The zero-order chi connectivity index (χ0) is 16.3. The molecule has 6 heteroatoms. The van der Waals surface area contributed by atoms with Crippen LogP contribution < -0.4 is 9.13 Å². The van der Waals surface area contributed by atoms with Crippen LogP contribution in [0.3, 0.4) is 0 Å². The van der Waals surface area contributed by atoms with Gasteiger partial charge >= 0.3 is 0 Å². The second-order valence-corrected chi connectivity index (χ2v) is 4.93. The van der Waals surface area contributed by atoms with Crippen LogP contribution in [-0.4, -0.2) is 26.6 Å². The summed E-state index contributed by atoms with van der Waals surface area (Å²) in [5.74, 6) is 0. The van der Waals surface area contributed by atoms with E-state index in [4.69, 9.17) is 0 Å². The van der Waals surface area contributed by atoms with Gasteiger partial charge in [-0.3, -0.25) is 0 Å². The molecule has 2 heterocycles. The average molecular weight is 314 g/mol. The molecule has 0 amide bonds. The number of aromatic nitrogens is 2. The highest BCUT2D eigenvalue weighted by Crippen LogP contribution is 1.93. The molecule has 0 atom stereocenters. The van der Waals surface area contributed by atoms with Crippen molar-refractivity contribution in [2.45, 2.75) is 19.5 Å². The Morgan fingerprint density at radius 2 is 1.17 bits per heavy atom. The van der Waals surface area contributed by atoms with E-state index >= 15 is 0 Å². The van der Waals surface area contributed by atoms with Crippen LogP contribution in [0.5, 0.6) is 0 Å². The summed E-state index contributed by atoms with van der Waals surface area (Å²) in [6.45, 7) is 1.92. The number of hydrogen-bond acceptors (Lipinski definition) is 4. The fourth-order valence-electron chi connectivity index (χ4n) is 2.07. The molecule has 0 aromatic carbocycles. The van der Waals surface area contributed by atoms with Gasteiger partial charge in [0.15, 0.2) is 37.9 Å². The molecule has 2 aromatic heterocycles. The Hall–Kier alpha value is -2.76. The number of hydrogen-bond donors (Lipinski definition) is 0. The topological polar surface area (TPSA) is 50.9 Å². The van der Waals surface area contributed by atoms with Crippen LogP contribution in [0, 0.1) is 0 Å². The van der Waals surface area contributed by atoms with Gasteiger partial charge in [0.1, 0.15) is 14.2 Å². The molecule has 0 saturated carbocycles. The second kappa shape index (κ2) is 9.30. The fourth-order valence-corrected chi connectivity index (χ4v) is 2.07. The third-order valence-electron chi connectivity index (χ3n) is 3.28. The molecule has 23 heavy (non-hydrogen) atoms. The SMILES string of the molecule is CO/N=C/c1cc[n+](CCC[n+]2ccc(/C=N/OC)cc2)cc1. The Morgan fingerprint density at radius 1 is 0.783 bits per heavy atom. The van der Waals surface area contributed by atoms with Gasteiger partial charge in [-0.05, 0) is 0 Å². The Balaban J connectivity index is 1.80. The van der Waals surface area contributed by atoms with Gasteiger partial charge in [-0.1, -0.05) is 10.3 Å². The molecule has 0 N–H and O–H groups in total. The van der Waals surface area contributed by atoms with Crippen molar-refractivity contribution < 1.29 is 18.8 Å². The minimum atomic E-state index is 0.960. The molecule has 0 aliphatic heterocycles. The van der Waals surface area contributed by atoms with Crippen LogP contribution in [0.1, 0.15) is 17.5 Å².